The summed E-state index contributed by atoms with van der Waals surface area (Å²) >= 11 is 0. The summed E-state index contributed by atoms with van der Waals surface area (Å²) in [6.07, 6.45) is 2.16. The molecule has 0 atom stereocenters. The van der Waals surface area contributed by atoms with Crippen LogP contribution in [0.2, 0.25) is 0 Å². The third kappa shape index (κ3) is 3.25. The summed E-state index contributed by atoms with van der Waals surface area (Å²) in [5.41, 5.74) is 5.82. The Morgan fingerprint density at radius 3 is 2.64 bits per heavy atom. The van der Waals surface area contributed by atoms with E-state index in [0.29, 0.717) is 0 Å². The zero-order chi connectivity index (χ0) is 17.2. The van der Waals surface area contributed by atoms with Crippen molar-refractivity contribution in [1.29, 1.82) is 0 Å². The van der Waals surface area contributed by atoms with Gasteiger partial charge in [-0.2, -0.15) is 0 Å². The molecule has 0 amide bonds. The Hall–Kier alpha value is -2.37. The number of hydrogen-bond acceptors (Lipinski definition) is 2. The van der Waals surface area contributed by atoms with Gasteiger partial charge < -0.3 is 15.0 Å². The van der Waals surface area contributed by atoms with Gasteiger partial charge >= 0.3 is 0 Å². The number of quaternary nitrogens is 2. The predicted octanol–water partition coefficient (Wildman–Crippen LogP) is 0.280. The number of imidazole rings is 1. The number of pyridine rings is 1. The summed E-state index contributed by atoms with van der Waals surface area (Å²) in [5, 5.41) is 2.41. The van der Waals surface area contributed by atoms with Crippen molar-refractivity contribution in [1.82, 2.24) is 9.38 Å². The minimum absolute atomic E-state index is 0.877. The molecule has 1 aliphatic heterocycles. The molecule has 0 unspecified atom stereocenters. The number of piperazine rings is 1. The van der Waals surface area contributed by atoms with E-state index in [0.717, 1.165) is 29.2 Å². The third-order valence-corrected chi connectivity index (χ3v) is 5.07. The smallest absolute Gasteiger partial charge is 0.138 e. The first-order chi connectivity index (χ1) is 12.2. The summed E-state index contributed by atoms with van der Waals surface area (Å²) < 4.78 is 7.56. The van der Waals surface area contributed by atoms with E-state index >= 15 is 0 Å². The fraction of sp³-hybridized carbons (Fsp3) is 0.350. The average molecular weight is 338 g/mol. The lowest BCUT2D eigenvalue weighted by atomic mass is 10.1. The van der Waals surface area contributed by atoms with Crippen molar-refractivity contribution < 1.29 is 15.0 Å². The second-order valence-electron chi connectivity index (χ2n) is 6.86. The van der Waals surface area contributed by atoms with Gasteiger partial charge in [0.05, 0.1) is 12.8 Å². The normalized spacial score (nSPS) is 15.6. The second kappa shape index (κ2) is 6.86. The molecule has 5 nitrogen and oxygen atoms in total. The van der Waals surface area contributed by atoms with E-state index in [-0.39, 0.29) is 0 Å². The van der Waals surface area contributed by atoms with Crippen LogP contribution in [0.4, 0.5) is 0 Å². The molecule has 0 radical (unpaired) electrons. The van der Waals surface area contributed by atoms with Gasteiger partial charge in [0.2, 0.25) is 0 Å². The molecule has 3 N–H and O–H groups in total. The number of aromatic nitrogens is 2. The van der Waals surface area contributed by atoms with Crippen molar-refractivity contribution >= 4 is 5.65 Å². The third-order valence-electron chi connectivity index (χ3n) is 5.07. The number of fused-ring (bicyclic) bond motifs is 1. The molecule has 3 aromatic rings. The van der Waals surface area contributed by atoms with Crippen molar-refractivity contribution in [3.63, 3.8) is 0 Å². The first-order valence-electron chi connectivity index (χ1n) is 9.02. The molecule has 1 fully saturated rings. The maximum Gasteiger partial charge on any atom is 0.138 e. The molecule has 0 bridgehead atoms. The molecular formula is C20H26N4O+2. The van der Waals surface area contributed by atoms with E-state index in [1.807, 2.05) is 12.1 Å². The molecule has 1 aromatic carbocycles. The van der Waals surface area contributed by atoms with Crippen molar-refractivity contribution in [3.05, 3.63) is 53.9 Å². The number of aryl methyl sites for hydroxylation is 1. The lowest BCUT2D eigenvalue weighted by molar-refractivity contribution is -0.958. The monoisotopic (exact) mass is 338 g/mol. The molecule has 1 aliphatic rings. The molecule has 4 rings (SSSR count). The Morgan fingerprint density at radius 1 is 1.16 bits per heavy atom. The van der Waals surface area contributed by atoms with E-state index in [1.54, 1.807) is 12.0 Å². The quantitative estimate of drug-likeness (QED) is 0.718. The van der Waals surface area contributed by atoms with Crippen LogP contribution < -0.4 is 15.0 Å². The number of methoxy groups -OCH3 is 1. The van der Waals surface area contributed by atoms with Gasteiger partial charge in [0.25, 0.3) is 0 Å². The van der Waals surface area contributed by atoms with Crippen LogP contribution in [0.15, 0.2) is 42.6 Å². The molecule has 0 aliphatic carbocycles. The number of hydrogen-bond donors (Lipinski definition) is 2. The highest BCUT2D eigenvalue weighted by Crippen LogP contribution is 2.26. The van der Waals surface area contributed by atoms with Crippen molar-refractivity contribution in [2.45, 2.75) is 13.5 Å². The average Bonchev–Trinajstić information content (AvgIpc) is 3.00. The molecule has 5 heteroatoms. The van der Waals surface area contributed by atoms with Gasteiger partial charge in [-0.25, -0.2) is 4.98 Å². The lowest BCUT2D eigenvalue weighted by Crippen LogP contribution is -3.19. The van der Waals surface area contributed by atoms with Gasteiger partial charge in [0.1, 0.15) is 49.8 Å². The van der Waals surface area contributed by atoms with Gasteiger partial charge in [0.15, 0.2) is 0 Å². The van der Waals surface area contributed by atoms with Gasteiger partial charge in [-0.3, -0.25) is 4.40 Å². The Bertz CT molecular complexity index is 863. The summed E-state index contributed by atoms with van der Waals surface area (Å²) in [6, 6.07) is 12.6. The van der Waals surface area contributed by atoms with Crippen molar-refractivity contribution in [2.75, 3.05) is 33.3 Å². The van der Waals surface area contributed by atoms with Crippen molar-refractivity contribution in [3.8, 4) is 17.0 Å². The van der Waals surface area contributed by atoms with Gasteiger partial charge in [-0.1, -0.05) is 0 Å². The molecule has 130 valence electrons. The number of nitrogens with zero attached hydrogens (tertiary/aromatic N) is 2. The molecular weight excluding hydrogens is 312 g/mol. The topological polar surface area (TPSA) is 47.6 Å². The zero-order valence-corrected chi connectivity index (χ0v) is 15.0. The first kappa shape index (κ1) is 16.1. The predicted molar refractivity (Wildman–Crippen MR) is 98.0 cm³/mol. The minimum Gasteiger partial charge on any atom is -0.497 e. The molecule has 0 saturated carbocycles. The van der Waals surface area contributed by atoms with Gasteiger partial charge in [-0.15, -0.1) is 0 Å². The van der Waals surface area contributed by atoms with E-state index in [2.05, 4.69) is 47.1 Å². The SMILES string of the molecule is COc1ccc(-c2nc3cc(C)ccn3c2C[NH+]2CC[NH2+]CC2)cc1. The second-order valence-corrected chi connectivity index (χ2v) is 6.86. The Kier molecular flexibility index (Phi) is 4.42. The Labute approximate surface area is 148 Å². The highest BCUT2D eigenvalue weighted by atomic mass is 16.5. The lowest BCUT2D eigenvalue weighted by Gasteiger charge is -2.22. The molecule has 0 spiro atoms. The summed E-state index contributed by atoms with van der Waals surface area (Å²) in [7, 11) is 1.70. The van der Waals surface area contributed by atoms with Gasteiger partial charge in [0, 0.05) is 11.8 Å². The number of rotatable bonds is 4. The highest BCUT2D eigenvalue weighted by Gasteiger charge is 2.22. The van der Waals surface area contributed by atoms with Crippen LogP contribution in [0.3, 0.4) is 0 Å². The van der Waals surface area contributed by atoms with Crippen LogP contribution in [0.5, 0.6) is 5.75 Å². The molecule has 1 saturated heterocycles. The number of benzene rings is 1. The molecule has 2 aromatic heterocycles. The molecule has 3 heterocycles. The van der Waals surface area contributed by atoms with Crippen LogP contribution in [0.25, 0.3) is 16.9 Å². The Balaban J connectivity index is 1.78. The fourth-order valence-corrected chi connectivity index (χ4v) is 3.64. The van der Waals surface area contributed by atoms with Crippen LogP contribution in [-0.4, -0.2) is 42.7 Å². The van der Waals surface area contributed by atoms with E-state index < -0.39 is 0 Å². The van der Waals surface area contributed by atoms with Crippen LogP contribution in [-0.2, 0) is 6.54 Å². The summed E-state index contributed by atoms with van der Waals surface area (Å²) in [4.78, 5) is 6.60. The Morgan fingerprint density at radius 2 is 1.92 bits per heavy atom. The zero-order valence-electron chi connectivity index (χ0n) is 15.0. The van der Waals surface area contributed by atoms with E-state index in [9.17, 15) is 0 Å². The minimum atomic E-state index is 0.877. The number of nitrogens with one attached hydrogen (secondary N) is 1. The molecule has 25 heavy (non-hydrogen) atoms. The van der Waals surface area contributed by atoms with E-state index in [1.165, 1.54) is 37.4 Å². The maximum atomic E-state index is 5.30. The number of ether oxygens (including phenoxy) is 1. The summed E-state index contributed by atoms with van der Waals surface area (Å²) in [6.45, 7) is 7.97. The fourth-order valence-electron chi connectivity index (χ4n) is 3.64. The maximum absolute atomic E-state index is 5.30. The van der Waals surface area contributed by atoms with Crippen LogP contribution in [0, 0.1) is 6.92 Å². The highest BCUT2D eigenvalue weighted by molar-refractivity contribution is 5.67. The van der Waals surface area contributed by atoms with Crippen LogP contribution >= 0.6 is 0 Å². The summed E-state index contributed by atoms with van der Waals surface area (Å²) in [5.74, 6) is 0.877. The van der Waals surface area contributed by atoms with Crippen molar-refractivity contribution in [2.24, 2.45) is 0 Å². The van der Waals surface area contributed by atoms with Crippen LogP contribution in [0.1, 0.15) is 11.3 Å². The van der Waals surface area contributed by atoms with E-state index in [4.69, 9.17) is 9.72 Å². The van der Waals surface area contributed by atoms with Gasteiger partial charge in [-0.05, 0) is 48.9 Å². The number of nitrogens with two attached hydrogens (primary N) is 1. The standard InChI is InChI=1S/C20H24N4O/c1-15-7-10-24-18(14-23-11-8-21-9-12-23)20(22-19(24)13-15)16-3-5-17(25-2)6-4-16/h3-7,10,13,21H,8-9,11-12,14H2,1-2H3/p+2. The largest absolute Gasteiger partial charge is 0.497 e. The first-order valence-corrected chi connectivity index (χ1v) is 9.02.